The smallest absolute Gasteiger partial charge is 0.374 e. The summed E-state index contributed by atoms with van der Waals surface area (Å²) in [5.41, 5.74) is 5.11. The first-order valence-electron chi connectivity index (χ1n) is 26.5. The van der Waals surface area contributed by atoms with Crippen LogP contribution in [0.1, 0.15) is 84.1 Å². The van der Waals surface area contributed by atoms with Gasteiger partial charge in [0, 0.05) is 44.7 Å². The van der Waals surface area contributed by atoms with E-state index in [0.29, 0.717) is 80.3 Å². The number of fused-ring (bicyclic) bond motifs is 2. The number of carboxylic acid groups (broad SMARTS) is 1. The van der Waals surface area contributed by atoms with Gasteiger partial charge in [0.2, 0.25) is 23.3 Å². The van der Waals surface area contributed by atoms with Crippen LogP contribution in [-0.4, -0.2) is 85.0 Å². The number of aromatic nitrogens is 3. The summed E-state index contributed by atoms with van der Waals surface area (Å²) in [5, 5.41) is 23.6. The first kappa shape index (κ1) is 55.2. The maximum atomic E-state index is 13.7. The van der Waals surface area contributed by atoms with E-state index in [4.69, 9.17) is 9.15 Å². The molecule has 1 fully saturated rings. The van der Waals surface area contributed by atoms with Crippen molar-refractivity contribution in [3.05, 3.63) is 165 Å². The summed E-state index contributed by atoms with van der Waals surface area (Å²) in [6.07, 6.45) is 11.1. The zero-order valence-corrected chi connectivity index (χ0v) is 44.3. The highest BCUT2D eigenvalue weighted by Crippen LogP contribution is 2.42. The maximum Gasteiger partial charge on any atom is 0.374 e. The van der Waals surface area contributed by atoms with E-state index in [2.05, 4.69) is 77.2 Å². The highest BCUT2D eigenvalue weighted by molar-refractivity contribution is 6.29. The summed E-state index contributed by atoms with van der Waals surface area (Å²) < 4.78 is 16.9. The summed E-state index contributed by atoms with van der Waals surface area (Å²) in [7, 11) is 0. The molecule has 2 aliphatic heterocycles. The molecule has 2 aromatic heterocycles. The molecule has 0 radical (unpaired) electrons. The third-order valence-electron chi connectivity index (χ3n) is 13.6. The van der Waals surface area contributed by atoms with Gasteiger partial charge in [-0.2, -0.15) is 4.57 Å². The second-order valence-corrected chi connectivity index (χ2v) is 18.9. The van der Waals surface area contributed by atoms with Gasteiger partial charge in [0.1, 0.15) is 24.2 Å². The molecule has 0 unspecified atom stereocenters. The first-order valence-corrected chi connectivity index (χ1v) is 26.5. The van der Waals surface area contributed by atoms with E-state index in [-0.39, 0.29) is 19.6 Å². The number of ether oxygens (including phenoxy) is 1. The number of amides is 5. The van der Waals surface area contributed by atoms with Crippen molar-refractivity contribution in [1.29, 1.82) is 0 Å². The van der Waals surface area contributed by atoms with E-state index < -0.39 is 71.1 Å². The van der Waals surface area contributed by atoms with Gasteiger partial charge in [-0.15, -0.1) is 0 Å². The van der Waals surface area contributed by atoms with Crippen molar-refractivity contribution >= 4 is 58.7 Å². The lowest BCUT2D eigenvalue weighted by molar-refractivity contribution is -0.678. The highest BCUT2D eigenvalue weighted by Gasteiger charge is 2.42. The Morgan fingerprint density at radius 1 is 0.718 bits per heavy atom. The van der Waals surface area contributed by atoms with Crippen LogP contribution in [0.4, 0.5) is 10.5 Å². The Labute approximate surface area is 451 Å². The van der Waals surface area contributed by atoms with Crippen LogP contribution in [0, 0.1) is 0 Å². The van der Waals surface area contributed by atoms with Gasteiger partial charge in [0.25, 0.3) is 22.9 Å². The average molecular weight is 1060 g/mol. The minimum Gasteiger partial charge on any atom is -0.494 e. The predicted molar refractivity (Wildman–Crippen MR) is 296 cm³/mol. The van der Waals surface area contributed by atoms with Crippen LogP contribution < -0.4 is 30.8 Å². The van der Waals surface area contributed by atoms with Gasteiger partial charge in [-0.05, 0) is 90.8 Å². The molecule has 0 atom stereocenters. The van der Waals surface area contributed by atoms with Crippen LogP contribution in [0.3, 0.4) is 0 Å². The molecule has 18 nitrogen and oxygen atoms in total. The second kappa shape index (κ2) is 25.2. The lowest BCUT2D eigenvalue weighted by Gasteiger charge is -2.32. The monoisotopic (exact) mass is 1060 g/mol. The van der Waals surface area contributed by atoms with Crippen LogP contribution in [0.25, 0.3) is 45.5 Å². The Balaban J connectivity index is 1.00. The molecule has 5 amide bonds. The number of barbiturate groups is 1. The predicted octanol–water partition coefficient (Wildman–Crippen LogP) is 8.65. The van der Waals surface area contributed by atoms with E-state index in [0.717, 1.165) is 77.0 Å². The Bertz CT molecular complexity index is 3500. The number of nitrogens with one attached hydrogen (secondary N) is 1. The minimum absolute atomic E-state index is 0.0234. The molecule has 6 aromatic rings. The number of aromatic hydroxyl groups is 1. The number of rotatable bonds is 23. The zero-order chi connectivity index (χ0) is 55.5. The van der Waals surface area contributed by atoms with E-state index in [1.54, 1.807) is 0 Å². The number of hydrogen-bond donors (Lipinski definition) is 3. The molecule has 404 valence electrons. The number of benzene rings is 4. The number of aryl methyl sites for hydroxylation is 1. The van der Waals surface area contributed by atoms with Crippen molar-refractivity contribution in [2.75, 3.05) is 31.1 Å². The molecule has 3 N–H and O–H groups in total. The number of unbranched alkanes of at least 4 members (excludes halogenated alkanes) is 3. The van der Waals surface area contributed by atoms with Gasteiger partial charge in [0.05, 0.1) is 11.8 Å². The van der Waals surface area contributed by atoms with Gasteiger partial charge in [-0.25, -0.2) is 14.5 Å². The SMILES string of the molecule is CCCCN1C(=O)C(=CC=Cc2c(O)n(CC(=O)NCCCC[n+]3c(/C=C(\C=C4\Oc5ccc(-c6ccccc6)cc5N4CC)CC)oc4ccc(-c5ccccc5)cc43)c(=O)n(CCCC)c2=O)C(=O)N(CC(=O)O)C1=O. The van der Waals surface area contributed by atoms with Crippen LogP contribution in [0.15, 0.2) is 146 Å². The lowest BCUT2D eigenvalue weighted by atomic mass is 10.0. The second-order valence-electron chi connectivity index (χ2n) is 18.9. The van der Waals surface area contributed by atoms with Gasteiger partial charge in [-0.1, -0.05) is 112 Å². The third-order valence-corrected chi connectivity index (χ3v) is 13.6. The number of allylic oxidation sites excluding steroid dienone is 4. The summed E-state index contributed by atoms with van der Waals surface area (Å²) in [6, 6.07) is 31.6. The van der Waals surface area contributed by atoms with Crippen molar-refractivity contribution in [2.45, 2.75) is 92.3 Å². The Morgan fingerprint density at radius 2 is 1.38 bits per heavy atom. The van der Waals surface area contributed by atoms with E-state index in [1.807, 2.05) is 74.5 Å². The largest absolute Gasteiger partial charge is 0.494 e. The molecular weight excluding hydrogens is 995 g/mol. The standard InChI is InChI=1S/C60H63N7O11/c1-5-9-31-64-55(71)45(24-19-25-46-56(72)65(32-10-6-2)60(76)67(58(46)74)39-54(69)70)57(73)66(59(64)75)38-51(68)61-30-17-18-33-63-48-37-44(42-22-15-12-16-23-42)27-29-50(48)78-53(63)35-40(7-3)34-52-62(8-4)47-36-43(26-28-49(47)77-52)41-20-13-11-14-21-41/h11-16,19-29,34-37H,5-10,17-18,30-33,38-39H2,1-4H3,(H2-,61,68,69,70,71,72,73,74)/p+1. The van der Waals surface area contributed by atoms with Gasteiger partial charge in [-0.3, -0.25) is 38.0 Å². The van der Waals surface area contributed by atoms with Crippen LogP contribution >= 0.6 is 0 Å². The number of imide groups is 2. The lowest BCUT2D eigenvalue weighted by Crippen LogP contribution is -2.57. The van der Waals surface area contributed by atoms with E-state index >= 15 is 0 Å². The summed E-state index contributed by atoms with van der Waals surface area (Å²) >= 11 is 0. The molecule has 0 bridgehead atoms. The molecule has 78 heavy (non-hydrogen) atoms. The zero-order valence-electron chi connectivity index (χ0n) is 44.3. The topological polar surface area (TPSA) is 218 Å². The molecule has 4 heterocycles. The molecule has 0 saturated carbocycles. The molecule has 18 heteroatoms. The third kappa shape index (κ3) is 12.1. The molecule has 8 rings (SSSR count). The van der Waals surface area contributed by atoms with E-state index in [1.165, 1.54) is 0 Å². The number of carboxylic acids is 1. The summed E-state index contributed by atoms with van der Waals surface area (Å²) in [4.78, 5) is 95.5. The molecular formula is C60H64N7O11+. The number of carbonyl (C=O) groups excluding carboxylic acids is 4. The Morgan fingerprint density at radius 3 is 2.05 bits per heavy atom. The van der Waals surface area contributed by atoms with Crippen molar-refractivity contribution in [1.82, 2.24) is 24.3 Å². The van der Waals surface area contributed by atoms with Gasteiger partial charge in [0.15, 0.2) is 12.3 Å². The minimum atomic E-state index is -1.47. The molecule has 4 aromatic carbocycles. The Kier molecular flexibility index (Phi) is 17.8. The highest BCUT2D eigenvalue weighted by atomic mass is 16.5. The van der Waals surface area contributed by atoms with Crippen LogP contribution in [0.5, 0.6) is 11.6 Å². The Hall–Kier alpha value is -9.06. The molecule has 1 saturated heterocycles. The quantitative estimate of drug-likeness (QED) is 0.0238. The van der Waals surface area contributed by atoms with Crippen molar-refractivity contribution in [2.24, 2.45) is 0 Å². The fourth-order valence-corrected chi connectivity index (χ4v) is 9.36. The number of carbonyl (C=O) groups is 5. The van der Waals surface area contributed by atoms with E-state index in [9.17, 15) is 43.8 Å². The number of nitrogens with zero attached hydrogens (tertiary/aromatic N) is 6. The van der Waals surface area contributed by atoms with Gasteiger partial charge >= 0.3 is 23.6 Å². The fourth-order valence-electron chi connectivity index (χ4n) is 9.36. The van der Waals surface area contributed by atoms with Crippen LogP contribution in [-0.2, 0) is 38.8 Å². The van der Waals surface area contributed by atoms with Gasteiger partial charge < -0.3 is 29.6 Å². The van der Waals surface area contributed by atoms with Crippen LogP contribution in [0.2, 0.25) is 0 Å². The van der Waals surface area contributed by atoms with Crippen molar-refractivity contribution in [3.8, 4) is 33.9 Å². The van der Waals surface area contributed by atoms with Crippen molar-refractivity contribution < 1.29 is 47.9 Å². The molecule has 0 aliphatic carbocycles. The average Bonchev–Trinajstić information content (AvgIpc) is 4.02. The number of hydrogen-bond acceptors (Lipinski definition) is 11. The van der Waals surface area contributed by atoms with Crippen molar-refractivity contribution in [3.63, 3.8) is 0 Å². The molecule has 0 spiro atoms. The normalized spacial score (nSPS) is 14.8. The fraction of sp³-hybridized carbons (Fsp3) is 0.300. The molecule has 2 aliphatic rings. The summed E-state index contributed by atoms with van der Waals surface area (Å²) in [6.45, 7) is 7.57. The number of aliphatic carboxylic acids is 1. The summed E-state index contributed by atoms with van der Waals surface area (Å²) in [5.74, 6) is -2.87. The number of oxazole rings is 1. The first-order chi connectivity index (χ1) is 37.8. The maximum absolute atomic E-state index is 13.7. The number of anilines is 1. The number of urea groups is 1.